The van der Waals surface area contributed by atoms with Gasteiger partial charge in [0.15, 0.2) is 18.1 Å². The SMILES string of the molecule is CCCOc1ccc(CNC(=O)COc2ccc(C(C)(C)C)cc2C(C)(C)C)cc1OC. The van der Waals surface area contributed by atoms with Crippen LogP contribution in [0.2, 0.25) is 0 Å². The maximum absolute atomic E-state index is 12.4. The fraction of sp³-hybridized carbons (Fsp3) is 0.519. The molecule has 5 nitrogen and oxygen atoms in total. The van der Waals surface area contributed by atoms with Crippen molar-refractivity contribution in [3.8, 4) is 17.2 Å². The van der Waals surface area contributed by atoms with E-state index < -0.39 is 0 Å². The molecule has 0 radical (unpaired) electrons. The van der Waals surface area contributed by atoms with Crippen molar-refractivity contribution in [1.82, 2.24) is 5.32 Å². The van der Waals surface area contributed by atoms with Gasteiger partial charge in [0.2, 0.25) is 0 Å². The van der Waals surface area contributed by atoms with E-state index in [2.05, 4.69) is 65.9 Å². The maximum atomic E-state index is 12.4. The first-order valence-electron chi connectivity index (χ1n) is 11.3. The van der Waals surface area contributed by atoms with Crippen LogP contribution in [0.5, 0.6) is 17.2 Å². The monoisotopic (exact) mass is 441 g/mol. The second-order valence-electron chi connectivity index (χ2n) is 10.1. The molecule has 0 saturated carbocycles. The number of nitrogens with one attached hydrogen (secondary N) is 1. The average molecular weight is 442 g/mol. The van der Waals surface area contributed by atoms with E-state index in [1.54, 1.807) is 7.11 Å². The van der Waals surface area contributed by atoms with Gasteiger partial charge in [-0.3, -0.25) is 4.79 Å². The molecule has 176 valence electrons. The summed E-state index contributed by atoms with van der Waals surface area (Å²) in [7, 11) is 1.61. The first-order chi connectivity index (χ1) is 15.0. The molecule has 2 aromatic carbocycles. The molecular weight excluding hydrogens is 402 g/mol. The molecule has 0 heterocycles. The van der Waals surface area contributed by atoms with Gasteiger partial charge in [-0.2, -0.15) is 0 Å². The lowest BCUT2D eigenvalue weighted by Gasteiger charge is -2.27. The number of carbonyl (C=O) groups excluding carboxylic acids is 1. The molecule has 0 aromatic heterocycles. The Morgan fingerprint density at radius 2 is 1.56 bits per heavy atom. The Labute approximate surface area is 193 Å². The van der Waals surface area contributed by atoms with Crippen molar-refractivity contribution in [3.05, 3.63) is 53.1 Å². The highest BCUT2D eigenvalue weighted by molar-refractivity contribution is 5.77. The summed E-state index contributed by atoms with van der Waals surface area (Å²) in [5, 5.41) is 2.92. The zero-order valence-electron chi connectivity index (χ0n) is 20.9. The molecule has 0 aliphatic carbocycles. The highest BCUT2D eigenvalue weighted by Crippen LogP contribution is 2.35. The molecule has 2 rings (SSSR count). The molecule has 0 aliphatic rings. The number of benzene rings is 2. The van der Waals surface area contributed by atoms with Crippen LogP contribution in [0.1, 0.15) is 71.6 Å². The molecule has 2 aromatic rings. The van der Waals surface area contributed by atoms with Gasteiger partial charge >= 0.3 is 0 Å². The van der Waals surface area contributed by atoms with Crippen LogP contribution in [0.3, 0.4) is 0 Å². The van der Waals surface area contributed by atoms with Crippen molar-refractivity contribution in [2.45, 2.75) is 72.3 Å². The number of carbonyl (C=O) groups is 1. The second kappa shape index (κ2) is 10.8. The Bertz CT molecular complexity index is 907. The third-order valence-corrected chi connectivity index (χ3v) is 5.19. The van der Waals surface area contributed by atoms with E-state index >= 15 is 0 Å². The van der Waals surface area contributed by atoms with Gasteiger partial charge in [0.1, 0.15) is 5.75 Å². The van der Waals surface area contributed by atoms with Crippen molar-refractivity contribution in [2.24, 2.45) is 0 Å². The van der Waals surface area contributed by atoms with Crippen molar-refractivity contribution in [3.63, 3.8) is 0 Å². The van der Waals surface area contributed by atoms with E-state index in [9.17, 15) is 4.79 Å². The van der Waals surface area contributed by atoms with E-state index in [0.717, 1.165) is 23.3 Å². The molecule has 0 unspecified atom stereocenters. The molecule has 0 aliphatic heterocycles. The fourth-order valence-electron chi connectivity index (χ4n) is 3.26. The summed E-state index contributed by atoms with van der Waals surface area (Å²) in [4.78, 5) is 12.4. The van der Waals surface area contributed by atoms with E-state index in [1.165, 1.54) is 5.56 Å². The van der Waals surface area contributed by atoms with Gasteiger partial charge in [0.05, 0.1) is 13.7 Å². The zero-order chi connectivity index (χ0) is 23.9. The molecule has 32 heavy (non-hydrogen) atoms. The molecule has 0 fully saturated rings. The summed E-state index contributed by atoms with van der Waals surface area (Å²) in [6.45, 7) is 16.1. The molecule has 0 spiro atoms. The average Bonchev–Trinajstić information content (AvgIpc) is 2.73. The maximum Gasteiger partial charge on any atom is 0.258 e. The van der Waals surface area contributed by atoms with Crippen molar-refractivity contribution >= 4 is 5.91 Å². The quantitative estimate of drug-likeness (QED) is 0.536. The normalized spacial score (nSPS) is 11.8. The summed E-state index contributed by atoms with van der Waals surface area (Å²) >= 11 is 0. The van der Waals surface area contributed by atoms with Gasteiger partial charge in [0.25, 0.3) is 5.91 Å². The van der Waals surface area contributed by atoms with Gasteiger partial charge in [-0.25, -0.2) is 0 Å². The summed E-state index contributed by atoms with van der Waals surface area (Å²) < 4.78 is 17.0. The Morgan fingerprint density at radius 3 is 2.16 bits per heavy atom. The molecular formula is C27H39NO4. The zero-order valence-corrected chi connectivity index (χ0v) is 20.9. The Hall–Kier alpha value is -2.69. The standard InChI is InChI=1S/C27H39NO4/c1-9-14-31-23-12-10-19(15-24(23)30-8)17-28-25(29)18-32-22-13-11-20(26(2,3)4)16-21(22)27(5,6)7/h10-13,15-16H,9,14,17-18H2,1-8H3,(H,28,29). The predicted octanol–water partition coefficient (Wildman–Crippen LogP) is 5.77. The molecule has 0 bridgehead atoms. The first-order valence-corrected chi connectivity index (χ1v) is 11.3. The highest BCUT2D eigenvalue weighted by atomic mass is 16.5. The number of methoxy groups -OCH3 is 1. The van der Waals surface area contributed by atoms with Crippen LogP contribution in [0.25, 0.3) is 0 Å². The van der Waals surface area contributed by atoms with E-state index in [0.29, 0.717) is 24.7 Å². The van der Waals surface area contributed by atoms with Crippen LogP contribution in [-0.2, 0) is 22.2 Å². The largest absolute Gasteiger partial charge is 0.493 e. The Balaban J connectivity index is 2.01. The lowest BCUT2D eigenvalue weighted by Crippen LogP contribution is -2.29. The van der Waals surface area contributed by atoms with Gasteiger partial charge < -0.3 is 19.5 Å². The van der Waals surface area contributed by atoms with Crippen LogP contribution in [0.15, 0.2) is 36.4 Å². The van der Waals surface area contributed by atoms with Crippen LogP contribution in [0.4, 0.5) is 0 Å². The highest BCUT2D eigenvalue weighted by Gasteiger charge is 2.23. The molecule has 5 heteroatoms. The second-order valence-corrected chi connectivity index (χ2v) is 10.1. The minimum absolute atomic E-state index is 0.0349. The van der Waals surface area contributed by atoms with Gasteiger partial charge in [-0.15, -0.1) is 0 Å². The molecule has 0 saturated heterocycles. The van der Waals surface area contributed by atoms with Crippen molar-refractivity contribution in [1.29, 1.82) is 0 Å². The molecule has 1 amide bonds. The Morgan fingerprint density at radius 1 is 0.875 bits per heavy atom. The van der Waals surface area contributed by atoms with E-state index in [4.69, 9.17) is 14.2 Å². The lowest BCUT2D eigenvalue weighted by molar-refractivity contribution is -0.123. The molecule has 0 atom stereocenters. The van der Waals surface area contributed by atoms with Crippen LogP contribution >= 0.6 is 0 Å². The van der Waals surface area contributed by atoms with Gasteiger partial charge in [0, 0.05) is 6.54 Å². The van der Waals surface area contributed by atoms with E-state index in [1.807, 2.05) is 24.3 Å². The summed E-state index contributed by atoms with van der Waals surface area (Å²) in [6.07, 6.45) is 0.927. The summed E-state index contributed by atoms with van der Waals surface area (Å²) in [5.74, 6) is 1.95. The fourth-order valence-corrected chi connectivity index (χ4v) is 3.26. The molecule has 1 N–H and O–H groups in total. The smallest absolute Gasteiger partial charge is 0.258 e. The topological polar surface area (TPSA) is 56.8 Å². The van der Waals surface area contributed by atoms with Crippen LogP contribution in [-0.4, -0.2) is 26.2 Å². The number of hydrogen-bond acceptors (Lipinski definition) is 4. The predicted molar refractivity (Wildman–Crippen MR) is 130 cm³/mol. The lowest BCUT2D eigenvalue weighted by atomic mass is 9.80. The van der Waals surface area contributed by atoms with Crippen molar-refractivity contribution < 1.29 is 19.0 Å². The van der Waals surface area contributed by atoms with Gasteiger partial charge in [-0.05, 0) is 52.1 Å². The minimum Gasteiger partial charge on any atom is -0.493 e. The Kier molecular flexibility index (Phi) is 8.59. The first kappa shape index (κ1) is 25.6. The third-order valence-electron chi connectivity index (χ3n) is 5.19. The number of amides is 1. The third kappa shape index (κ3) is 7.18. The summed E-state index contributed by atoms with van der Waals surface area (Å²) in [6, 6.07) is 11.9. The van der Waals surface area contributed by atoms with Crippen LogP contribution < -0.4 is 19.5 Å². The number of hydrogen-bond donors (Lipinski definition) is 1. The number of rotatable bonds is 9. The van der Waals surface area contributed by atoms with E-state index in [-0.39, 0.29) is 23.3 Å². The summed E-state index contributed by atoms with van der Waals surface area (Å²) in [5.41, 5.74) is 3.24. The van der Waals surface area contributed by atoms with Crippen LogP contribution in [0, 0.1) is 0 Å². The van der Waals surface area contributed by atoms with Crippen molar-refractivity contribution in [2.75, 3.05) is 20.3 Å². The number of ether oxygens (including phenoxy) is 3. The minimum atomic E-state index is -0.171. The van der Waals surface area contributed by atoms with Gasteiger partial charge in [-0.1, -0.05) is 66.7 Å².